The molecule has 0 spiro atoms. The van der Waals surface area contributed by atoms with Gasteiger partial charge in [0.05, 0.1) is 32.5 Å². The number of benzene rings is 3. The number of hydrogen-bond donors (Lipinski definition) is 1. The Morgan fingerprint density at radius 3 is 2.12 bits per heavy atom. The first-order chi connectivity index (χ1) is 15.7. The lowest BCUT2D eigenvalue weighted by molar-refractivity contribution is 0.327. The van der Waals surface area contributed by atoms with Gasteiger partial charge < -0.3 is 19.5 Å². The Morgan fingerprint density at radius 2 is 1.47 bits per heavy atom. The van der Waals surface area contributed by atoms with Crippen molar-refractivity contribution in [2.24, 2.45) is 0 Å². The van der Waals surface area contributed by atoms with E-state index in [9.17, 15) is 0 Å². The van der Waals surface area contributed by atoms with E-state index in [4.69, 9.17) is 19.2 Å². The van der Waals surface area contributed by atoms with E-state index in [-0.39, 0.29) is 0 Å². The van der Waals surface area contributed by atoms with Crippen LogP contribution in [0.3, 0.4) is 0 Å². The highest BCUT2D eigenvalue weighted by molar-refractivity contribution is 5.93. The molecule has 0 saturated carbocycles. The third-order valence-electron chi connectivity index (χ3n) is 5.50. The van der Waals surface area contributed by atoms with Crippen LogP contribution in [0.15, 0.2) is 72.8 Å². The molecule has 0 radical (unpaired) electrons. The number of nitrogens with one attached hydrogen (secondary N) is 1. The van der Waals surface area contributed by atoms with Crippen LogP contribution in [0.25, 0.3) is 22.2 Å². The Bertz CT molecular complexity index is 1180. The fraction of sp³-hybridized carbons (Fsp3) is 0.222. The van der Waals surface area contributed by atoms with E-state index in [2.05, 4.69) is 47.8 Å². The molecule has 164 valence electrons. The summed E-state index contributed by atoms with van der Waals surface area (Å²) >= 11 is 0. The van der Waals surface area contributed by atoms with Crippen LogP contribution in [0.1, 0.15) is 11.1 Å². The first-order valence-electron chi connectivity index (χ1n) is 10.7. The van der Waals surface area contributed by atoms with Crippen molar-refractivity contribution in [3.05, 3.63) is 83.9 Å². The number of rotatable bonds is 9. The molecule has 0 aliphatic heterocycles. The molecule has 1 heterocycles. The van der Waals surface area contributed by atoms with E-state index in [1.54, 1.807) is 21.3 Å². The number of nitrogens with zero attached hydrogens (tertiary/aromatic N) is 1. The summed E-state index contributed by atoms with van der Waals surface area (Å²) in [6.45, 7) is 1.57. The molecule has 4 rings (SSSR count). The van der Waals surface area contributed by atoms with Crippen LogP contribution in [-0.4, -0.2) is 32.9 Å². The topological polar surface area (TPSA) is 52.6 Å². The van der Waals surface area contributed by atoms with Gasteiger partial charge in [0.15, 0.2) is 11.5 Å². The molecule has 1 aromatic heterocycles. The Kier molecular flexibility index (Phi) is 6.87. The fourth-order valence-corrected chi connectivity index (χ4v) is 3.91. The maximum atomic E-state index is 5.71. The van der Waals surface area contributed by atoms with Gasteiger partial charge in [-0.15, -0.1) is 0 Å². The lowest BCUT2D eigenvalue weighted by Crippen LogP contribution is -2.17. The highest BCUT2D eigenvalue weighted by atomic mass is 16.5. The minimum Gasteiger partial charge on any atom is -0.493 e. The van der Waals surface area contributed by atoms with Gasteiger partial charge in [-0.25, -0.2) is 4.98 Å². The summed E-state index contributed by atoms with van der Waals surface area (Å²) in [5.41, 5.74) is 5.23. The second-order valence-corrected chi connectivity index (χ2v) is 7.49. The molecule has 32 heavy (non-hydrogen) atoms. The van der Waals surface area contributed by atoms with Crippen LogP contribution in [0, 0.1) is 0 Å². The van der Waals surface area contributed by atoms with Gasteiger partial charge in [0.2, 0.25) is 5.75 Å². The summed E-state index contributed by atoms with van der Waals surface area (Å²) in [5, 5.41) is 4.47. The second kappa shape index (κ2) is 10.2. The fourth-order valence-electron chi connectivity index (χ4n) is 3.91. The molecule has 3 aromatic carbocycles. The summed E-state index contributed by atoms with van der Waals surface area (Å²) in [4.78, 5) is 5.02. The quantitative estimate of drug-likeness (QED) is 0.369. The van der Waals surface area contributed by atoms with Gasteiger partial charge >= 0.3 is 0 Å². The van der Waals surface area contributed by atoms with Crippen molar-refractivity contribution >= 4 is 10.9 Å². The third kappa shape index (κ3) is 4.53. The Morgan fingerprint density at radius 1 is 0.781 bits per heavy atom. The summed E-state index contributed by atoms with van der Waals surface area (Å²) < 4.78 is 16.8. The third-order valence-corrected chi connectivity index (χ3v) is 5.50. The predicted molar refractivity (Wildman–Crippen MR) is 129 cm³/mol. The van der Waals surface area contributed by atoms with E-state index >= 15 is 0 Å². The monoisotopic (exact) mass is 428 g/mol. The molecule has 0 fully saturated rings. The van der Waals surface area contributed by atoms with Crippen LogP contribution in [0.5, 0.6) is 17.2 Å². The normalized spacial score (nSPS) is 10.8. The maximum absolute atomic E-state index is 5.71. The number of methoxy groups -OCH3 is 3. The van der Waals surface area contributed by atoms with Crippen LogP contribution in [-0.2, 0) is 13.0 Å². The van der Waals surface area contributed by atoms with Crippen LogP contribution < -0.4 is 19.5 Å². The molecule has 0 unspecified atom stereocenters. The first kappa shape index (κ1) is 21.7. The molecule has 0 aliphatic carbocycles. The smallest absolute Gasteiger partial charge is 0.204 e. The van der Waals surface area contributed by atoms with Crippen molar-refractivity contribution in [1.82, 2.24) is 10.3 Å². The first-order valence-corrected chi connectivity index (χ1v) is 10.7. The zero-order valence-electron chi connectivity index (χ0n) is 18.7. The average molecular weight is 429 g/mol. The number of ether oxygens (including phenoxy) is 3. The zero-order chi connectivity index (χ0) is 22.3. The number of aromatic nitrogens is 1. The summed E-state index contributed by atoms with van der Waals surface area (Å²) in [6.07, 6.45) is 0.969. The minimum absolute atomic E-state index is 0.569. The largest absolute Gasteiger partial charge is 0.493 e. The highest BCUT2D eigenvalue weighted by Gasteiger charge is 2.19. The van der Waals surface area contributed by atoms with E-state index in [1.165, 1.54) is 5.56 Å². The van der Waals surface area contributed by atoms with E-state index < -0.39 is 0 Å². The molecule has 0 saturated heterocycles. The average Bonchev–Trinajstić information content (AvgIpc) is 2.86. The summed E-state index contributed by atoms with van der Waals surface area (Å²) in [5.74, 6) is 1.79. The zero-order valence-corrected chi connectivity index (χ0v) is 18.7. The van der Waals surface area contributed by atoms with E-state index in [0.29, 0.717) is 23.8 Å². The van der Waals surface area contributed by atoms with Gasteiger partial charge in [0.1, 0.15) is 0 Å². The Balaban J connectivity index is 1.72. The van der Waals surface area contributed by atoms with Gasteiger partial charge in [-0.05, 0) is 30.2 Å². The van der Waals surface area contributed by atoms with Gasteiger partial charge in [0.25, 0.3) is 0 Å². The predicted octanol–water partition coefficient (Wildman–Crippen LogP) is 5.26. The molecule has 0 atom stereocenters. The lowest BCUT2D eigenvalue weighted by atomic mass is 10.0. The van der Waals surface area contributed by atoms with Crippen molar-refractivity contribution in [3.8, 4) is 28.5 Å². The highest BCUT2D eigenvalue weighted by Crippen LogP contribution is 2.44. The van der Waals surface area contributed by atoms with Crippen molar-refractivity contribution in [3.63, 3.8) is 0 Å². The van der Waals surface area contributed by atoms with Crippen LogP contribution >= 0.6 is 0 Å². The summed E-state index contributed by atoms with van der Waals surface area (Å²) in [6, 6.07) is 24.8. The Labute approximate surface area is 189 Å². The van der Waals surface area contributed by atoms with Crippen molar-refractivity contribution in [1.29, 1.82) is 0 Å². The van der Waals surface area contributed by atoms with Gasteiger partial charge in [0, 0.05) is 23.6 Å². The summed E-state index contributed by atoms with van der Waals surface area (Å²) in [7, 11) is 4.87. The van der Waals surface area contributed by atoms with Crippen molar-refractivity contribution in [2.45, 2.75) is 13.0 Å². The molecule has 4 aromatic rings. The molecular weight excluding hydrogens is 400 g/mol. The number of pyridine rings is 1. The van der Waals surface area contributed by atoms with Gasteiger partial charge in [-0.3, -0.25) is 0 Å². The standard InChI is InChI=1S/C27H28N2O3/c1-30-24-17-23-22(26(31-2)27(24)32-3)16-21(25(29-23)20-12-8-5-9-13-20)18-28-15-14-19-10-6-4-7-11-19/h4-13,16-17,28H,14-15,18H2,1-3H3. The minimum atomic E-state index is 0.569. The maximum Gasteiger partial charge on any atom is 0.204 e. The lowest BCUT2D eigenvalue weighted by Gasteiger charge is -2.17. The van der Waals surface area contributed by atoms with Crippen molar-refractivity contribution < 1.29 is 14.2 Å². The Hall–Kier alpha value is -3.57. The van der Waals surface area contributed by atoms with Crippen molar-refractivity contribution in [2.75, 3.05) is 27.9 Å². The molecule has 1 N–H and O–H groups in total. The molecule has 0 bridgehead atoms. The van der Waals surface area contributed by atoms with E-state index in [1.807, 2.05) is 30.3 Å². The molecule has 5 heteroatoms. The number of fused-ring (bicyclic) bond motifs is 1. The SMILES string of the molecule is COc1cc2nc(-c3ccccc3)c(CNCCc3ccccc3)cc2c(OC)c1OC. The van der Waals surface area contributed by atoms with Crippen LogP contribution in [0.2, 0.25) is 0 Å². The molecule has 0 amide bonds. The van der Waals surface area contributed by atoms with E-state index in [0.717, 1.165) is 40.7 Å². The number of hydrogen-bond acceptors (Lipinski definition) is 5. The van der Waals surface area contributed by atoms with Crippen LogP contribution in [0.4, 0.5) is 0 Å². The molecule has 0 aliphatic rings. The molecule has 5 nitrogen and oxygen atoms in total. The second-order valence-electron chi connectivity index (χ2n) is 7.49. The van der Waals surface area contributed by atoms with Gasteiger partial charge in [-0.1, -0.05) is 60.7 Å². The van der Waals surface area contributed by atoms with Gasteiger partial charge in [-0.2, -0.15) is 0 Å². The molecular formula is C27H28N2O3.